The molecule has 0 radical (unpaired) electrons. The Kier molecular flexibility index (Phi) is 3.18. The van der Waals surface area contributed by atoms with Crippen molar-refractivity contribution in [2.24, 2.45) is 0 Å². The van der Waals surface area contributed by atoms with Gasteiger partial charge in [0.15, 0.2) is 0 Å². The fourth-order valence-corrected chi connectivity index (χ4v) is 1.63. The number of unbranched alkanes of at least 4 members (excludes halogenated alkanes) is 1. The summed E-state index contributed by atoms with van der Waals surface area (Å²) in [6.07, 6.45) is 7.32. The molecule has 2 nitrogen and oxygen atoms in total. The average molecular weight is 200 g/mol. The Morgan fingerprint density at radius 3 is 2.60 bits per heavy atom. The van der Waals surface area contributed by atoms with Gasteiger partial charge in [0, 0.05) is 18.0 Å². The second-order valence-electron chi connectivity index (χ2n) is 3.74. The summed E-state index contributed by atoms with van der Waals surface area (Å²) in [6.45, 7) is 2.22. The van der Waals surface area contributed by atoms with Crippen LogP contribution in [0.25, 0.3) is 11.4 Å². The van der Waals surface area contributed by atoms with Gasteiger partial charge in [-0.1, -0.05) is 37.6 Å². The van der Waals surface area contributed by atoms with Crippen LogP contribution in [0.3, 0.4) is 0 Å². The van der Waals surface area contributed by atoms with Crippen molar-refractivity contribution in [3.63, 3.8) is 0 Å². The number of hydrogen-bond donors (Lipinski definition) is 1. The third-order valence-electron chi connectivity index (χ3n) is 2.54. The maximum atomic E-state index is 4.22. The Labute approximate surface area is 90.4 Å². The highest BCUT2D eigenvalue weighted by Gasteiger charge is 1.99. The smallest absolute Gasteiger partial charge is 0.137 e. The topological polar surface area (TPSA) is 28.7 Å². The van der Waals surface area contributed by atoms with Crippen molar-refractivity contribution in [2.75, 3.05) is 0 Å². The van der Waals surface area contributed by atoms with Crippen LogP contribution in [0, 0.1) is 0 Å². The number of nitrogens with zero attached hydrogens (tertiary/aromatic N) is 1. The van der Waals surface area contributed by atoms with Crippen LogP contribution in [-0.2, 0) is 6.42 Å². The largest absolute Gasteiger partial charge is 0.345 e. The van der Waals surface area contributed by atoms with Gasteiger partial charge in [0.2, 0.25) is 0 Å². The SMILES string of the molecule is CCCCc1ccc(-c2ncc[nH]2)cc1. The molecular weight excluding hydrogens is 184 g/mol. The van der Waals surface area contributed by atoms with E-state index in [0.717, 1.165) is 11.4 Å². The fraction of sp³-hybridized carbons (Fsp3) is 0.308. The maximum Gasteiger partial charge on any atom is 0.137 e. The van der Waals surface area contributed by atoms with E-state index in [1.807, 2.05) is 6.20 Å². The average Bonchev–Trinajstić information content (AvgIpc) is 2.80. The normalized spacial score (nSPS) is 10.5. The first kappa shape index (κ1) is 9.97. The van der Waals surface area contributed by atoms with Crippen LogP contribution in [0.4, 0.5) is 0 Å². The van der Waals surface area contributed by atoms with Crippen molar-refractivity contribution in [2.45, 2.75) is 26.2 Å². The van der Waals surface area contributed by atoms with Gasteiger partial charge in [-0.25, -0.2) is 4.98 Å². The summed E-state index contributed by atoms with van der Waals surface area (Å²) in [5.74, 6) is 0.942. The van der Waals surface area contributed by atoms with Gasteiger partial charge in [0.05, 0.1) is 0 Å². The number of aromatic nitrogens is 2. The highest BCUT2D eigenvalue weighted by molar-refractivity contribution is 5.55. The number of aromatic amines is 1. The number of H-pyrrole nitrogens is 1. The molecule has 2 aromatic rings. The second kappa shape index (κ2) is 4.78. The summed E-state index contributed by atoms with van der Waals surface area (Å²) in [5, 5.41) is 0. The van der Waals surface area contributed by atoms with E-state index in [-0.39, 0.29) is 0 Å². The van der Waals surface area contributed by atoms with E-state index in [0.29, 0.717) is 0 Å². The minimum absolute atomic E-state index is 0.942. The van der Waals surface area contributed by atoms with Crippen molar-refractivity contribution in [1.82, 2.24) is 9.97 Å². The zero-order chi connectivity index (χ0) is 10.5. The third-order valence-corrected chi connectivity index (χ3v) is 2.54. The van der Waals surface area contributed by atoms with Gasteiger partial charge in [0.1, 0.15) is 5.82 Å². The zero-order valence-electron chi connectivity index (χ0n) is 9.03. The van der Waals surface area contributed by atoms with Crippen LogP contribution < -0.4 is 0 Å². The molecule has 0 saturated heterocycles. The van der Waals surface area contributed by atoms with E-state index >= 15 is 0 Å². The first-order chi connectivity index (χ1) is 7.40. The number of benzene rings is 1. The lowest BCUT2D eigenvalue weighted by Gasteiger charge is -2.01. The second-order valence-corrected chi connectivity index (χ2v) is 3.74. The van der Waals surface area contributed by atoms with Crippen LogP contribution in [0.15, 0.2) is 36.7 Å². The van der Waals surface area contributed by atoms with E-state index < -0.39 is 0 Å². The first-order valence-corrected chi connectivity index (χ1v) is 5.49. The Morgan fingerprint density at radius 2 is 2.00 bits per heavy atom. The minimum atomic E-state index is 0.942. The molecule has 0 atom stereocenters. The van der Waals surface area contributed by atoms with Gasteiger partial charge < -0.3 is 4.98 Å². The lowest BCUT2D eigenvalue weighted by atomic mass is 10.1. The number of hydrogen-bond acceptors (Lipinski definition) is 1. The molecule has 2 heteroatoms. The third kappa shape index (κ3) is 2.46. The Morgan fingerprint density at radius 1 is 1.20 bits per heavy atom. The number of nitrogens with one attached hydrogen (secondary N) is 1. The summed E-state index contributed by atoms with van der Waals surface area (Å²) < 4.78 is 0. The van der Waals surface area contributed by atoms with Gasteiger partial charge in [-0.15, -0.1) is 0 Å². The molecule has 0 aliphatic rings. The molecule has 1 aromatic carbocycles. The van der Waals surface area contributed by atoms with Crippen molar-refractivity contribution >= 4 is 0 Å². The predicted molar refractivity (Wildman–Crippen MR) is 62.6 cm³/mol. The molecule has 2 rings (SSSR count). The summed E-state index contributed by atoms with van der Waals surface area (Å²) in [6, 6.07) is 8.63. The molecule has 15 heavy (non-hydrogen) atoms. The molecule has 0 bridgehead atoms. The molecule has 0 saturated carbocycles. The van der Waals surface area contributed by atoms with E-state index in [4.69, 9.17) is 0 Å². The van der Waals surface area contributed by atoms with Crippen LogP contribution in [0.1, 0.15) is 25.3 Å². The summed E-state index contributed by atoms with van der Waals surface area (Å²) in [5.41, 5.74) is 2.56. The number of aryl methyl sites for hydroxylation is 1. The Hall–Kier alpha value is -1.57. The summed E-state index contributed by atoms with van der Waals surface area (Å²) >= 11 is 0. The summed E-state index contributed by atoms with van der Waals surface area (Å²) in [4.78, 5) is 7.33. The molecule has 1 aromatic heterocycles. The molecule has 0 aliphatic heterocycles. The monoisotopic (exact) mass is 200 g/mol. The van der Waals surface area contributed by atoms with Crippen molar-refractivity contribution in [3.8, 4) is 11.4 Å². The molecule has 78 valence electrons. The number of imidazole rings is 1. The van der Waals surface area contributed by atoms with Gasteiger partial charge in [-0.05, 0) is 18.4 Å². The van der Waals surface area contributed by atoms with Crippen LogP contribution in [-0.4, -0.2) is 9.97 Å². The first-order valence-electron chi connectivity index (χ1n) is 5.49. The van der Waals surface area contributed by atoms with Crippen LogP contribution >= 0.6 is 0 Å². The van der Waals surface area contributed by atoms with Gasteiger partial charge >= 0.3 is 0 Å². The molecule has 0 spiro atoms. The van der Waals surface area contributed by atoms with Gasteiger partial charge in [-0.2, -0.15) is 0 Å². The molecule has 0 fully saturated rings. The lowest BCUT2D eigenvalue weighted by Crippen LogP contribution is -1.85. The zero-order valence-corrected chi connectivity index (χ0v) is 9.03. The molecular formula is C13H16N2. The fourth-order valence-electron chi connectivity index (χ4n) is 1.63. The maximum absolute atomic E-state index is 4.22. The molecule has 0 amide bonds. The van der Waals surface area contributed by atoms with Crippen molar-refractivity contribution in [3.05, 3.63) is 42.2 Å². The van der Waals surface area contributed by atoms with E-state index in [1.54, 1.807) is 6.20 Å². The van der Waals surface area contributed by atoms with Crippen LogP contribution in [0.2, 0.25) is 0 Å². The quantitative estimate of drug-likeness (QED) is 0.804. The summed E-state index contributed by atoms with van der Waals surface area (Å²) in [7, 11) is 0. The molecule has 1 heterocycles. The molecule has 0 aliphatic carbocycles. The van der Waals surface area contributed by atoms with E-state index in [9.17, 15) is 0 Å². The van der Waals surface area contributed by atoms with Crippen molar-refractivity contribution < 1.29 is 0 Å². The van der Waals surface area contributed by atoms with Crippen LogP contribution in [0.5, 0.6) is 0 Å². The highest BCUT2D eigenvalue weighted by Crippen LogP contribution is 2.15. The predicted octanol–water partition coefficient (Wildman–Crippen LogP) is 3.42. The van der Waals surface area contributed by atoms with Crippen molar-refractivity contribution in [1.29, 1.82) is 0 Å². The molecule has 0 unspecified atom stereocenters. The Bertz CT molecular complexity index is 387. The number of rotatable bonds is 4. The van der Waals surface area contributed by atoms with E-state index in [2.05, 4.69) is 41.2 Å². The lowest BCUT2D eigenvalue weighted by molar-refractivity contribution is 0.795. The Balaban J connectivity index is 2.11. The van der Waals surface area contributed by atoms with Gasteiger partial charge in [0.25, 0.3) is 0 Å². The molecule has 1 N–H and O–H groups in total. The highest BCUT2D eigenvalue weighted by atomic mass is 14.9. The van der Waals surface area contributed by atoms with Gasteiger partial charge in [-0.3, -0.25) is 0 Å². The van der Waals surface area contributed by atoms with E-state index in [1.165, 1.54) is 24.8 Å². The standard InChI is InChI=1S/C13H16N2/c1-2-3-4-11-5-7-12(8-6-11)13-14-9-10-15-13/h5-10H,2-4H2,1H3,(H,14,15). The minimum Gasteiger partial charge on any atom is -0.345 e.